The smallest absolute Gasteiger partial charge is 0.387 e. The van der Waals surface area contributed by atoms with E-state index >= 15 is 0 Å². The molecule has 0 spiro atoms. The number of carbonyl (C=O) groups is 1. The van der Waals surface area contributed by atoms with E-state index in [0.717, 1.165) is 6.07 Å². The summed E-state index contributed by atoms with van der Waals surface area (Å²) < 4.78 is 47.3. The first-order valence-electron chi connectivity index (χ1n) is 5.86. The number of carbonyl (C=O) groups excluding carboxylic acids is 1. The van der Waals surface area contributed by atoms with Gasteiger partial charge in [0, 0.05) is 0 Å². The van der Waals surface area contributed by atoms with Gasteiger partial charge in [0.05, 0.1) is 12.2 Å². The van der Waals surface area contributed by atoms with Crippen LogP contribution in [0.2, 0.25) is 0 Å². The fourth-order valence-electron chi connectivity index (χ4n) is 1.66. The predicted octanol–water partition coefficient (Wildman–Crippen LogP) is 2.39. The van der Waals surface area contributed by atoms with Gasteiger partial charge in [0.25, 0.3) is 0 Å². The number of alkyl halides is 2. The number of aromatic amines is 1. The molecule has 21 heavy (non-hydrogen) atoms. The highest BCUT2D eigenvalue weighted by molar-refractivity contribution is 5.94. The fraction of sp³-hybridized carbons (Fsp3) is 0.250. The summed E-state index contributed by atoms with van der Waals surface area (Å²) in [5.41, 5.74) is -0.516. The average molecular weight is 301 g/mol. The molecule has 0 saturated carbocycles. The normalized spacial score (nSPS) is 10.7. The highest BCUT2D eigenvalue weighted by Crippen LogP contribution is 2.33. The molecule has 1 heterocycles. The first-order valence-corrected chi connectivity index (χ1v) is 5.86. The van der Waals surface area contributed by atoms with Gasteiger partial charge in [-0.3, -0.25) is 0 Å². The fourth-order valence-corrected chi connectivity index (χ4v) is 1.66. The number of nitrogens with zero attached hydrogens (tertiary/aromatic N) is 2. The summed E-state index contributed by atoms with van der Waals surface area (Å²) in [5.74, 6) is -2.54. The monoisotopic (exact) mass is 301 g/mol. The van der Waals surface area contributed by atoms with Crippen molar-refractivity contribution in [3.05, 3.63) is 29.7 Å². The molecule has 6 nitrogen and oxygen atoms in total. The van der Waals surface area contributed by atoms with Crippen LogP contribution in [-0.4, -0.2) is 34.6 Å². The number of esters is 1. The number of halogens is 3. The number of ether oxygens (including phenoxy) is 2. The Morgan fingerprint density at radius 2 is 2.14 bits per heavy atom. The van der Waals surface area contributed by atoms with Gasteiger partial charge in [-0.25, -0.2) is 9.18 Å². The van der Waals surface area contributed by atoms with E-state index in [1.165, 1.54) is 12.1 Å². The molecule has 0 amide bonds. The van der Waals surface area contributed by atoms with Crippen LogP contribution in [0.25, 0.3) is 11.3 Å². The van der Waals surface area contributed by atoms with Crippen molar-refractivity contribution in [2.75, 3.05) is 6.61 Å². The lowest BCUT2D eigenvalue weighted by Gasteiger charge is -2.10. The van der Waals surface area contributed by atoms with Crippen molar-refractivity contribution < 1.29 is 27.4 Å². The highest BCUT2D eigenvalue weighted by atomic mass is 19.3. The van der Waals surface area contributed by atoms with Gasteiger partial charge in [0.15, 0.2) is 17.3 Å². The quantitative estimate of drug-likeness (QED) is 0.858. The second kappa shape index (κ2) is 6.25. The SMILES string of the molecule is CCOC(=O)c1n[nH]nc1-c1cccc(F)c1OC(F)F. The number of hydrogen-bond donors (Lipinski definition) is 1. The lowest BCUT2D eigenvalue weighted by molar-refractivity contribution is -0.0517. The van der Waals surface area contributed by atoms with Crippen molar-refractivity contribution in [1.82, 2.24) is 15.4 Å². The van der Waals surface area contributed by atoms with Crippen LogP contribution in [-0.2, 0) is 4.74 Å². The molecule has 112 valence electrons. The van der Waals surface area contributed by atoms with Crippen LogP contribution in [0.3, 0.4) is 0 Å². The molecule has 1 aromatic heterocycles. The number of aromatic nitrogens is 3. The second-order valence-corrected chi connectivity index (χ2v) is 3.74. The van der Waals surface area contributed by atoms with E-state index in [-0.39, 0.29) is 23.6 Å². The van der Waals surface area contributed by atoms with Crippen LogP contribution in [0.1, 0.15) is 17.4 Å². The highest BCUT2D eigenvalue weighted by Gasteiger charge is 2.24. The molecule has 1 aromatic carbocycles. The van der Waals surface area contributed by atoms with Crippen molar-refractivity contribution in [2.24, 2.45) is 0 Å². The molecule has 2 rings (SSSR count). The number of benzene rings is 1. The average Bonchev–Trinajstić information content (AvgIpc) is 2.90. The van der Waals surface area contributed by atoms with Gasteiger partial charge >= 0.3 is 12.6 Å². The summed E-state index contributed by atoms with van der Waals surface area (Å²) in [4.78, 5) is 11.7. The molecule has 0 atom stereocenters. The van der Waals surface area contributed by atoms with Gasteiger partial charge in [-0.2, -0.15) is 19.1 Å². The van der Waals surface area contributed by atoms with E-state index in [1.807, 2.05) is 0 Å². The maximum absolute atomic E-state index is 13.7. The minimum absolute atomic E-state index is 0.0919. The standard InChI is InChI=1S/C12H10F3N3O3/c1-2-20-11(19)9-8(16-18-17-9)6-4-3-5-7(13)10(6)21-12(14)15/h3-5,12H,2H2,1H3,(H,16,17,18). The lowest BCUT2D eigenvalue weighted by Crippen LogP contribution is -2.09. The summed E-state index contributed by atoms with van der Waals surface area (Å²) in [6, 6.07) is 3.50. The van der Waals surface area contributed by atoms with E-state index in [2.05, 4.69) is 20.1 Å². The molecule has 0 fully saturated rings. The molecule has 2 aromatic rings. The molecule has 0 saturated heterocycles. The third kappa shape index (κ3) is 3.12. The molecule has 0 unspecified atom stereocenters. The Bertz CT molecular complexity index is 646. The lowest BCUT2D eigenvalue weighted by atomic mass is 10.1. The van der Waals surface area contributed by atoms with Gasteiger partial charge in [0.2, 0.25) is 0 Å². The van der Waals surface area contributed by atoms with Crippen molar-refractivity contribution in [3.63, 3.8) is 0 Å². The maximum Gasteiger partial charge on any atom is 0.387 e. The van der Waals surface area contributed by atoms with Crippen LogP contribution in [0.15, 0.2) is 18.2 Å². The van der Waals surface area contributed by atoms with Crippen molar-refractivity contribution in [3.8, 4) is 17.0 Å². The van der Waals surface area contributed by atoms with Gasteiger partial charge in [0.1, 0.15) is 5.69 Å². The molecular weight excluding hydrogens is 291 g/mol. The molecular formula is C12H10F3N3O3. The van der Waals surface area contributed by atoms with Crippen molar-refractivity contribution >= 4 is 5.97 Å². The zero-order chi connectivity index (χ0) is 15.4. The van der Waals surface area contributed by atoms with E-state index in [4.69, 9.17) is 4.74 Å². The Kier molecular flexibility index (Phi) is 4.41. The number of hydrogen-bond acceptors (Lipinski definition) is 5. The summed E-state index contributed by atoms with van der Waals surface area (Å²) >= 11 is 0. The Labute approximate surface area is 116 Å². The van der Waals surface area contributed by atoms with E-state index in [1.54, 1.807) is 6.92 Å². The van der Waals surface area contributed by atoms with Crippen molar-refractivity contribution in [2.45, 2.75) is 13.5 Å². The minimum Gasteiger partial charge on any atom is -0.461 e. The maximum atomic E-state index is 13.7. The number of rotatable bonds is 5. The van der Waals surface area contributed by atoms with Gasteiger partial charge in [-0.15, -0.1) is 5.10 Å². The Morgan fingerprint density at radius 1 is 1.38 bits per heavy atom. The molecule has 0 bridgehead atoms. The topological polar surface area (TPSA) is 77.1 Å². The molecule has 1 N–H and O–H groups in total. The third-order valence-corrected chi connectivity index (χ3v) is 2.45. The number of para-hydroxylation sites is 1. The largest absolute Gasteiger partial charge is 0.461 e. The predicted molar refractivity (Wildman–Crippen MR) is 64.4 cm³/mol. The van der Waals surface area contributed by atoms with Crippen LogP contribution in [0.4, 0.5) is 13.2 Å². The molecule has 0 aliphatic heterocycles. The number of H-pyrrole nitrogens is 1. The van der Waals surface area contributed by atoms with Crippen LogP contribution in [0.5, 0.6) is 5.75 Å². The van der Waals surface area contributed by atoms with Crippen LogP contribution < -0.4 is 4.74 Å². The van der Waals surface area contributed by atoms with E-state index < -0.39 is 24.1 Å². The molecule has 0 radical (unpaired) electrons. The van der Waals surface area contributed by atoms with Crippen LogP contribution in [0, 0.1) is 5.82 Å². The first-order chi connectivity index (χ1) is 10.0. The van der Waals surface area contributed by atoms with Crippen molar-refractivity contribution in [1.29, 1.82) is 0 Å². The zero-order valence-electron chi connectivity index (χ0n) is 10.8. The third-order valence-electron chi connectivity index (χ3n) is 2.45. The summed E-state index contributed by atoms with van der Waals surface area (Å²) in [6.07, 6.45) is 0. The Balaban J connectivity index is 2.50. The summed E-state index contributed by atoms with van der Waals surface area (Å²) in [5, 5.41) is 9.43. The zero-order valence-corrected chi connectivity index (χ0v) is 10.8. The van der Waals surface area contributed by atoms with Crippen LogP contribution >= 0.6 is 0 Å². The van der Waals surface area contributed by atoms with E-state index in [0.29, 0.717) is 0 Å². The molecule has 0 aliphatic rings. The summed E-state index contributed by atoms with van der Waals surface area (Å²) in [7, 11) is 0. The Hall–Kier alpha value is -2.58. The first kappa shape index (κ1) is 14.8. The summed E-state index contributed by atoms with van der Waals surface area (Å²) in [6.45, 7) is -1.54. The minimum atomic E-state index is -3.22. The van der Waals surface area contributed by atoms with Gasteiger partial charge in [-0.05, 0) is 19.1 Å². The molecule has 9 heteroatoms. The van der Waals surface area contributed by atoms with E-state index in [9.17, 15) is 18.0 Å². The van der Waals surface area contributed by atoms with Gasteiger partial charge < -0.3 is 9.47 Å². The van der Waals surface area contributed by atoms with Gasteiger partial charge in [-0.1, -0.05) is 6.07 Å². The molecule has 0 aliphatic carbocycles. The number of nitrogens with one attached hydrogen (secondary N) is 1. The Morgan fingerprint density at radius 3 is 2.81 bits per heavy atom. The second-order valence-electron chi connectivity index (χ2n) is 3.74.